The fourth-order valence-electron chi connectivity index (χ4n) is 2.15. The van der Waals surface area contributed by atoms with E-state index in [1.54, 1.807) is 36.4 Å². The summed E-state index contributed by atoms with van der Waals surface area (Å²) in [6.07, 6.45) is 0.160. The first-order valence-corrected chi connectivity index (χ1v) is 9.07. The number of benzene rings is 1. The van der Waals surface area contributed by atoms with Gasteiger partial charge in [-0.05, 0) is 43.3 Å². The highest BCUT2D eigenvalue weighted by Crippen LogP contribution is 2.23. The molecule has 0 bridgehead atoms. The van der Waals surface area contributed by atoms with E-state index in [4.69, 9.17) is 26.3 Å². The summed E-state index contributed by atoms with van der Waals surface area (Å²) in [5.41, 5.74) is 0.601. The van der Waals surface area contributed by atoms with Gasteiger partial charge < -0.3 is 14.4 Å². The Balaban J connectivity index is 2.04. The minimum atomic E-state index is -0.609. The summed E-state index contributed by atoms with van der Waals surface area (Å²) in [4.78, 5) is 26.2. The van der Waals surface area contributed by atoms with Gasteiger partial charge in [0.1, 0.15) is 10.6 Å². The molecule has 0 aliphatic rings. The van der Waals surface area contributed by atoms with E-state index < -0.39 is 18.5 Å². The van der Waals surface area contributed by atoms with Gasteiger partial charge in [0.25, 0.3) is 5.91 Å². The van der Waals surface area contributed by atoms with Gasteiger partial charge in [-0.2, -0.15) is 5.26 Å². The zero-order valence-corrected chi connectivity index (χ0v) is 15.7. The lowest BCUT2D eigenvalue weighted by atomic mass is 10.2. The maximum absolute atomic E-state index is 12.5. The van der Waals surface area contributed by atoms with Crippen LogP contribution in [0.2, 0.25) is 4.34 Å². The Hall–Kier alpha value is -2.56. The minimum Gasteiger partial charge on any atom is -0.494 e. The number of rotatable bonds is 8. The van der Waals surface area contributed by atoms with Crippen LogP contribution in [-0.2, 0) is 9.53 Å². The number of hydrogen-bond donors (Lipinski definition) is 0. The van der Waals surface area contributed by atoms with Crippen LogP contribution in [0.4, 0.5) is 5.69 Å². The molecule has 8 heteroatoms. The van der Waals surface area contributed by atoms with Crippen molar-refractivity contribution in [3.63, 3.8) is 0 Å². The zero-order chi connectivity index (χ0) is 18.9. The number of carbonyl (C=O) groups is 2. The number of esters is 1. The molecular formula is C18H17ClN2O4S. The van der Waals surface area contributed by atoms with Crippen molar-refractivity contribution in [3.05, 3.63) is 45.6 Å². The highest BCUT2D eigenvalue weighted by Gasteiger charge is 2.19. The molecule has 0 saturated heterocycles. The van der Waals surface area contributed by atoms with Gasteiger partial charge in [-0.25, -0.2) is 4.79 Å². The number of amides is 1. The van der Waals surface area contributed by atoms with Crippen LogP contribution in [0.3, 0.4) is 0 Å². The number of anilines is 1. The Morgan fingerprint density at radius 3 is 2.54 bits per heavy atom. The van der Waals surface area contributed by atoms with Crippen molar-refractivity contribution in [3.8, 4) is 11.8 Å². The third-order valence-electron chi connectivity index (χ3n) is 3.31. The normalized spacial score (nSPS) is 10.0. The maximum atomic E-state index is 12.5. The molecule has 1 amide bonds. The lowest BCUT2D eigenvalue weighted by Gasteiger charge is -2.22. The molecule has 0 N–H and O–H groups in total. The van der Waals surface area contributed by atoms with Crippen LogP contribution in [0.15, 0.2) is 36.4 Å². The summed E-state index contributed by atoms with van der Waals surface area (Å²) in [6.45, 7) is 2.20. The van der Waals surface area contributed by atoms with Gasteiger partial charge in [0, 0.05) is 12.2 Å². The maximum Gasteiger partial charge on any atom is 0.348 e. The second-order valence-electron chi connectivity index (χ2n) is 5.06. The third kappa shape index (κ3) is 5.48. The van der Waals surface area contributed by atoms with Crippen LogP contribution in [0.25, 0.3) is 0 Å². The van der Waals surface area contributed by atoms with Crippen molar-refractivity contribution < 1.29 is 19.1 Å². The molecule has 0 radical (unpaired) electrons. The van der Waals surface area contributed by atoms with Crippen molar-refractivity contribution in [2.75, 3.05) is 24.7 Å². The number of ether oxygens (including phenoxy) is 2. The van der Waals surface area contributed by atoms with Crippen molar-refractivity contribution in [2.24, 2.45) is 0 Å². The number of hydrogen-bond acceptors (Lipinski definition) is 6. The van der Waals surface area contributed by atoms with Crippen molar-refractivity contribution >= 4 is 40.5 Å². The number of halogens is 1. The fraction of sp³-hybridized carbons (Fsp3) is 0.278. The molecule has 0 aliphatic carbocycles. The summed E-state index contributed by atoms with van der Waals surface area (Å²) in [5.74, 6) is -0.340. The van der Waals surface area contributed by atoms with E-state index in [0.717, 1.165) is 11.3 Å². The SMILES string of the molecule is CCOc1ccc(N(CCC#N)C(=O)COC(=O)c2ccc(Cl)s2)cc1. The molecule has 1 heterocycles. The molecule has 2 aromatic rings. The van der Waals surface area contributed by atoms with Gasteiger partial charge in [-0.15, -0.1) is 11.3 Å². The second kappa shape index (κ2) is 9.80. The number of carbonyl (C=O) groups excluding carboxylic acids is 2. The van der Waals surface area contributed by atoms with Crippen LogP contribution >= 0.6 is 22.9 Å². The number of nitrogens with zero attached hydrogens (tertiary/aromatic N) is 2. The van der Waals surface area contributed by atoms with Gasteiger partial charge in [0.15, 0.2) is 6.61 Å². The highest BCUT2D eigenvalue weighted by atomic mass is 35.5. The summed E-state index contributed by atoms with van der Waals surface area (Å²) in [6, 6.07) is 12.1. The van der Waals surface area contributed by atoms with Crippen LogP contribution in [0, 0.1) is 11.3 Å². The van der Waals surface area contributed by atoms with E-state index >= 15 is 0 Å². The van der Waals surface area contributed by atoms with Crippen LogP contribution in [-0.4, -0.2) is 31.6 Å². The minimum absolute atomic E-state index is 0.160. The molecule has 136 valence electrons. The van der Waals surface area contributed by atoms with Gasteiger partial charge in [0.05, 0.1) is 23.4 Å². The molecule has 6 nitrogen and oxygen atoms in total. The van der Waals surface area contributed by atoms with Crippen LogP contribution in [0.1, 0.15) is 23.0 Å². The summed E-state index contributed by atoms with van der Waals surface area (Å²) in [7, 11) is 0. The van der Waals surface area contributed by atoms with Gasteiger partial charge in [0.2, 0.25) is 0 Å². The summed E-state index contributed by atoms with van der Waals surface area (Å²) >= 11 is 6.87. The summed E-state index contributed by atoms with van der Waals surface area (Å²) in [5, 5.41) is 8.82. The van der Waals surface area contributed by atoms with Crippen molar-refractivity contribution in [1.29, 1.82) is 5.26 Å². The van der Waals surface area contributed by atoms with Gasteiger partial charge in [-0.3, -0.25) is 4.79 Å². The number of nitriles is 1. The monoisotopic (exact) mass is 392 g/mol. The van der Waals surface area contributed by atoms with E-state index in [1.807, 2.05) is 13.0 Å². The Kier molecular flexibility index (Phi) is 7.45. The predicted octanol–water partition coefficient (Wildman–Crippen LogP) is 3.90. The summed E-state index contributed by atoms with van der Waals surface area (Å²) < 4.78 is 10.9. The lowest BCUT2D eigenvalue weighted by Crippen LogP contribution is -2.35. The van der Waals surface area contributed by atoms with Crippen LogP contribution in [0.5, 0.6) is 5.75 Å². The van der Waals surface area contributed by atoms with E-state index in [1.165, 1.54) is 4.90 Å². The molecule has 0 fully saturated rings. The molecule has 1 aromatic carbocycles. The Labute approximate surface area is 160 Å². The van der Waals surface area contributed by atoms with Crippen molar-refractivity contribution in [2.45, 2.75) is 13.3 Å². The number of thiophene rings is 1. The molecule has 26 heavy (non-hydrogen) atoms. The average Bonchev–Trinajstić information content (AvgIpc) is 3.08. The molecule has 2 rings (SSSR count). The molecule has 0 aliphatic heterocycles. The highest BCUT2D eigenvalue weighted by molar-refractivity contribution is 7.17. The van der Waals surface area contributed by atoms with Crippen LogP contribution < -0.4 is 9.64 Å². The topological polar surface area (TPSA) is 79.6 Å². The standard InChI is InChI=1S/C18H17ClN2O4S/c1-2-24-14-6-4-13(5-7-14)21(11-3-10-20)17(22)12-25-18(23)15-8-9-16(19)26-15/h4-9H,2-3,11-12H2,1H3. The van der Waals surface area contributed by atoms with Gasteiger partial charge >= 0.3 is 5.97 Å². The molecule has 0 saturated carbocycles. The van der Waals surface area contributed by atoms with E-state index in [2.05, 4.69) is 0 Å². The molecule has 0 spiro atoms. The first-order valence-electron chi connectivity index (χ1n) is 7.87. The first kappa shape index (κ1) is 19.8. The third-order valence-corrected chi connectivity index (χ3v) is 4.52. The van der Waals surface area contributed by atoms with E-state index in [-0.39, 0.29) is 13.0 Å². The molecule has 0 atom stereocenters. The smallest absolute Gasteiger partial charge is 0.348 e. The largest absolute Gasteiger partial charge is 0.494 e. The predicted molar refractivity (Wildman–Crippen MR) is 99.8 cm³/mol. The Morgan fingerprint density at radius 2 is 1.96 bits per heavy atom. The second-order valence-corrected chi connectivity index (χ2v) is 6.78. The van der Waals surface area contributed by atoms with E-state index in [9.17, 15) is 9.59 Å². The van der Waals surface area contributed by atoms with Crippen molar-refractivity contribution in [1.82, 2.24) is 0 Å². The lowest BCUT2D eigenvalue weighted by molar-refractivity contribution is -0.121. The zero-order valence-electron chi connectivity index (χ0n) is 14.1. The molecular weight excluding hydrogens is 376 g/mol. The van der Waals surface area contributed by atoms with E-state index in [0.29, 0.717) is 27.3 Å². The Bertz CT molecular complexity index is 798. The quantitative estimate of drug-likeness (QED) is 0.636. The van der Waals surface area contributed by atoms with Gasteiger partial charge in [-0.1, -0.05) is 11.6 Å². The fourth-order valence-corrected chi connectivity index (χ4v) is 3.09. The molecule has 0 unspecified atom stereocenters. The average molecular weight is 393 g/mol. The first-order chi connectivity index (χ1) is 12.5. The molecule has 1 aromatic heterocycles. The Morgan fingerprint density at radius 1 is 1.23 bits per heavy atom.